The molecule has 0 aliphatic rings. The van der Waals surface area contributed by atoms with Gasteiger partial charge in [0.2, 0.25) is 0 Å². The zero-order valence-corrected chi connectivity index (χ0v) is 9.39. The Balaban J connectivity index is 2.65. The van der Waals surface area contributed by atoms with Crippen LogP contribution < -0.4 is 10.9 Å². The molecule has 1 amide bonds. The van der Waals surface area contributed by atoms with E-state index in [1.165, 1.54) is 6.07 Å². The molecule has 16 heavy (non-hydrogen) atoms. The molecule has 0 aliphatic carbocycles. The van der Waals surface area contributed by atoms with Gasteiger partial charge in [0.05, 0.1) is 0 Å². The summed E-state index contributed by atoms with van der Waals surface area (Å²) in [6.45, 7) is 3.96. The van der Waals surface area contributed by atoms with Crippen molar-refractivity contribution < 1.29 is 4.79 Å². The van der Waals surface area contributed by atoms with E-state index in [0.29, 0.717) is 13.0 Å². The van der Waals surface area contributed by atoms with Crippen molar-refractivity contribution in [3.05, 3.63) is 33.7 Å². The lowest BCUT2D eigenvalue weighted by molar-refractivity contribution is 0.0953. The van der Waals surface area contributed by atoms with Crippen LogP contribution in [0.5, 0.6) is 0 Å². The normalized spacial score (nSPS) is 9.12. The summed E-state index contributed by atoms with van der Waals surface area (Å²) in [6.07, 6.45) is 0.589. The third kappa shape index (κ3) is 3.28. The fourth-order valence-corrected chi connectivity index (χ4v) is 1.21. The number of hydrogen-bond acceptors (Lipinski definition) is 2. The minimum absolute atomic E-state index is 0.134. The van der Waals surface area contributed by atoms with Gasteiger partial charge in [-0.1, -0.05) is 0 Å². The first-order chi connectivity index (χ1) is 7.65. The van der Waals surface area contributed by atoms with Gasteiger partial charge in [-0.2, -0.15) is 0 Å². The predicted molar refractivity (Wildman–Crippen MR) is 62.2 cm³/mol. The molecular weight excluding hydrogens is 204 g/mol. The van der Waals surface area contributed by atoms with Crippen LogP contribution >= 0.6 is 0 Å². The van der Waals surface area contributed by atoms with Gasteiger partial charge in [-0.3, -0.25) is 9.59 Å². The first-order valence-corrected chi connectivity index (χ1v) is 5.03. The average Bonchev–Trinajstić information content (AvgIpc) is 2.24. The summed E-state index contributed by atoms with van der Waals surface area (Å²) in [7, 11) is 0. The van der Waals surface area contributed by atoms with Gasteiger partial charge in [0.1, 0.15) is 5.56 Å². The van der Waals surface area contributed by atoms with Crippen LogP contribution in [0, 0.1) is 18.8 Å². The lowest BCUT2D eigenvalue weighted by Crippen LogP contribution is -2.30. The highest BCUT2D eigenvalue weighted by atomic mass is 16.2. The average molecular weight is 218 g/mol. The van der Waals surface area contributed by atoms with E-state index in [1.54, 1.807) is 19.9 Å². The third-order valence-corrected chi connectivity index (χ3v) is 2.01. The highest BCUT2D eigenvalue weighted by molar-refractivity contribution is 5.93. The predicted octanol–water partition coefficient (Wildman–Crippen LogP) is 0.827. The van der Waals surface area contributed by atoms with Crippen LogP contribution in [0.4, 0.5) is 0 Å². The van der Waals surface area contributed by atoms with Crippen molar-refractivity contribution >= 4 is 5.91 Å². The first kappa shape index (κ1) is 12.1. The Kier molecular flexibility index (Phi) is 4.34. The molecule has 0 saturated heterocycles. The van der Waals surface area contributed by atoms with Gasteiger partial charge in [0.15, 0.2) is 0 Å². The Morgan fingerprint density at radius 1 is 1.50 bits per heavy atom. The molecule has 0 aromatic carbocycles. The van der Waals surface area contributed by atoms with Gasteiger partial charge in [0.25, 0.3) is 11.5 Å². The topological polar surface area (TPSA) is 62.0 Å². The van der Waals surface area contributed by atoms with E-state index in [0.717, 1.165) is 5.69 Å². The first-order valence-electron chi connectivity index (χ1n) is 5.03. The Bertz CT molecular complexity index is 492. The molecule has 0 atom stereocenters. The summed E-state index contributed by atoms with van der Waals surface area (Å²) in [5.41, 5.74) is 0.507. The molecule has 1 aromatic rings. The van der Waals surface area contributed by atoms with E-state index in [1.807, 2.05) is 0 Å². The molecule has 2 N–H and O–H groups in total. The van der Waals surface area contributed by atoms with Crippen LogP contribution in [0.25, 0.3) is 0 Å². The number of aromatic nitrogens is 1. The van der Waals surface area contributed by atoms with E-state index in [-0.39, 0.29) is 17.0 Å². The molecule has 1 aromatic heterocycles. The molecular formula is C12H14N2O2. The molecule has 0 aliphatic heterocycles. The number of rotatable bonds is 3. The molecule has 1 heterocycles. The van der Waals surface area contributed by atoms with E-state index in [9.17, 15) is 9.59 Å². The Labute approximate surface area is 94.1 Å². The van der Waals surface area contributed by atoms with Crippen LogP contribution in [0.3, 0.4) is 0 Å². The van der Waals surface area contributed by atoms with Gasteiger partial charge in [-0.05, 0) is 26.0 Å². The highest BCUT2D eigenvalue weighted by Gasteiger charge is 2.08. The zero-order valence-electron chi connectivity index (χ0n) is 9.39. The van der Waals surface area contributed by atoms with Crippen molar-refractivity contribution in [1.82, 2.24) is 10.3 Å². The lowest BCUT2D eigenvalue weighted by atomic mass is 10.2. The summed E-state index contributed by atoms with van der Waals surface area (Å²) in [6, 6.07) is 3.22. The number of nitrogens with one attached hydrogen (secondary N) is 2. The van der Waals surface area contributed by atoms with E-state index in [4.69, 9.17) is 0 Å². The largest absolute Gasteiger partial charge is 0.351 e. The highest BCUT2D eigenvalue weighted by Crippen LogP contribution is 1.93. The van der Waals surface area contributed by atoms with Crippen molar-refractivity contribution in [1.29, 1.82) is 0 Å². The summed E-state index contributed by atoms with van der Waals surface area (Å²) in [5, 5.41) is 2.63. The molecule has 0 radical (unpaired) electrons. The lowest BCUT2D eigenvalue weighted by Gasteiger charge is -2.02. The molecule has 4 nitrogen and oxygen atoms in total. The van der Waals surface area contributed by atoms with Gasteiger partial charge < -0.3 is 10.3 Å². The minimum atomic E-state index is -0.362. The molecule has 0 spiro atoms. The summed E-state index contributed by atoms with van der Waals surface area (Å²) in [5.74, 6) is 5.20. The van der Waals surface area contributed by atoms with Crippen molar-refractivity contribution in [2.45, 2.75) is 20.3 Å². The number of carbonyl (C=O) groups excluding carboxylic acids is 1. The summed E-state index contributed by atoms with van der Waals surface area (Å²) < 4.78 is 0. The van der Waals surface area contributed by atoms with E-state index < -0.39 is 0 Å². The maximum Gasteiger partial charge on any atom is 0.260 e. The monoisotopic (exact) mass is 218 g/mol. The molecule has 1 rings (SSSR count). The zero-order chi connectivity index (χ0) is 12.0. The van der Waals surface area contributed by atoms with Gasteiger partial charge >= 0.3 is 0 Å². The minimum Gasteiger partial charge on any atom is -0.351 e. The van der Waals surface area contributed by atoms with Crippen molar-refractivity contribution in [2.24, 2.45) is 0 Å². The van der Waals surface area contributed by atoms with Crippen LogP contribution in [-0.2, 0) is 0 Å². The van der Waals surface area contributed by atoms with Crippen LogP contribution in [0.15, 0.2) is 16.9 Å². The van der Waals surface area contributed by atoms with Crippen molar-refractivity contribution in [3.8, 4) is 11.8 Å². The number of amides is 1. The maximum atomic E-state index is 11.6. The number of hydrogen-bond donors (Lipinski definition) is 2. The van der Waals surface area contributed by atoms with Gasteiger partial charge in [-0.25, -0.2) is 0 Å². The molecule has 0 fully saturated rings. The third-order valence-electron chi connectivity index (χ3n) is 2.01. The second-order valence-electron chi connectivity index (χ2n) is 3.32. The quantitative estimate of drug-likeness (QED) is 0.583. The van der Waals surface area contributed by atoms with Gasteiger partial charge in [0, 0.05) is 18.7 Å². The number of aryl methyl sites for hydroxylation is 1. The number of carbonyl (C=O) groups is 1. The number of aromatic amines is 1. The second kappa shape index (κ2) is 5.76. The SMILES string of the molecule is CC#CCCNC(=O)c1ccc(C)[nH]c1=O. The fourth-order valence-electron chi connectivity index (χ4n) is 1.21. The summed E-state index contributed by atoms with van der Waals surface area (Å²) >= 11 is 0. The standard InChI is InChI=1S/C12H14N2O2/c1-3-4-5-8-13-11(15)10-7-6-9(2)14-12(10)16/h6-7H,5,8H2,1-2H3,(H,13,15)(H,14,16). The van der Waals surface area contributed by atoms with Crippen molar-refractivity contribution in [3.63, 3.8) is 0 Å². The summed E-state index contributed by atoms with van der Waals surface area (Å²) in [4.78, 5) is 25.6. The van der Waals surface area contributed by atoms with Crippen LogP contribution in [0.2, 0.25) is 0 Å². The molecule has 0 unspecified atom stereocenters. The molecule has 0 saturated carbocycles. The van der Waals surface area contributed by atoms with Crippen LogP contribution in [0.1, 0.15) is 29.4 Å². The molecule has 84 valence electrons. The second-order valence-corrected chi connectivity index (χ2v) is 3.32. The smallest absolute Gasteiger partial charge is 0.260 e. The molecule has 0 bridgehead atoms. The molecule has 4 heteroatoms. The van der Waals surface area contributed by atoms with Crippen LogP contribution in [-0.4, -0.2) is 17.4 Å². The van der Waals surface area contributed by atoms with E-state index in [2.05, 4.69) is 22.1 Å². The maximum absolute atomic E-state index is 11.6. The van der Waals surface area contributed by atoms with Crippen molar-refractivity contribution in [2.75, 3.05) is 6.54 Å². The Hall–Kier alpha value is -2.02. The Morgan fingerprint density at radius 2 is 2.25 bits per heavy atom. The fraction of sp³-hybridized carbons (Fsp3) is 0.333. The van der Waals surface area contributed by atoms with E-state index >= 15 is 0 Å². The number of pyridine rings is 1. The Morgan fingerprint density at radius 3 is 2.88 bits per heavy atom. The number of H-pyrrole nitrogens is 1. The van der Waals surface area contributed by atoms with Gasteiger partial charge in [-0.15, -0.1) is 11.8 Å².